The van der Waals surface area contributed by atoms with Gasteiger partial charge < -0.3 is 9.47 Å². The summed E-state index contributed by atoms with van der Waals surface area (Å²) in [5.41, 5.74) is 3.57. The Hall–Kier alpha value is -1.87. The third-order valence-corrected chi connectivity index (χ3v) is 3.84. The van der Waals surface area contributed by atoms with Gasteiger partial charge in [-0.25, -0.2) is 0 Å². The van der Waals surface area contributed by atoms with Crippen molar-refractivity contribution in [1.29, 1.82) is 0 Å². The summed E-state index contributed by atoms with van der Waals surface area (Å²) in [7, 11) is 0. The predicted molar refractivity (Wildman–Crippen MR) is 82.5 cm³/mol. The lowest BCUT2D eigenvalue weighted by Gasteiger charge is -2.07. The Labute approximate surface area is 125 Å². The summed E-state index contributed by atoms with van der Waals surface area (Å²) >= 11 is 0. The van der Waals surface area contributed by atoms with Crippen molar-refractivity contribution in [3.05, 3.63) is 59.4 Å². The average Bonchev–Trinajstić information content (AvgIpc) is 3.26. The summed E-state index contributed by atoms with van der Waals surface area (Å²) in [6.45, 7) is 4.87. The van der Waals surface area contributed by atoms with E-state index < -0.39 is 0 Å². The van der Waals surface area contributed by atoms with Gasteiger partial charge in [0.15, 0.2) is 0 Å². The standard InChI is InChI=1S/C18H21NO2/c1-3-14-4-7-16(19-12-14)10-11-20-17-8-5-15(6-9-17)18-13(2)21-18/h4-9,12-13,18H,3,10-11H2,1-2H3. The van der Waals surface area contributed by atoms with E-state index in [1.54, 1.807) is 0 Å². The molecule has 1 aromatic carbocycles. The van der Waals surface area contributed by atoms with Gasteiger partial charge in [-0.2, -0.15) is 0 Å². The third kappa shape index (κ3) is 3.61. The van der Waals surface area contributed by atoms with Gasteiger partial charge in [-0.15, -0.1) is 0 Å². The van der Waals surface area contributed by atoms with Crippen molar-refractivity contribution in [3.63, 3.8) is 0 Å². The van der Waals surface area contributed by atoms with Crippen molar-refractivity contribution >= 4 is 0 Å². The maximum absolute atomic E-state index is 5.77. The molecule has 0 N–H and O–H groups in total. The minimum absolute atomic E-state index is 0.278. The summed E-state index contributed by atoms with van der Waals surface area (Å²) in [4.78, 5) is 4.44. The third-order valence-electron chi connectivity index (χ3n) is 3.84. The van der Waals surface area contributed by atoms with Crippen molar-refractivity contribution in [2.75, 3.05) is 6.61 Å². The number of hydrogen-bond acceptors (Lipinski definition) is 3. The lowest BCUT2D eigenvalue weighted by atomic mass is 10.1. The topological polar surface area (TPSA) is 34.6 Å². The molecular formula is C18H21NO2. The van der Waals surface area contributed by atoms with Crippen molar-refractivity contribution in [2.24, 2.45) is 0 Å². The van der Waals surface area contributed by atoms with Gasteiger partial charge >= 0.3 is 0 Å². The second-order valence-electron chi connectivity index (χ2n) is 5.44. The molecule has 3 rings (SSSR count). The van der Waals surface area contributed by atoms with Crippen LogP contribution in [0.2, 0.25) is 0 Å². The Morgan fingerprint density at radius 2 is 1.90 bits per heavy atom. The van der Waals surface area contributed by atoms with E-state index in [-0.39, 0.29) is 6.10 Å². The lowest BCUT2D eigenvalue weighted by molar-refractivity contribution is 0.320. The second kappa shape index (κ2) is 6.27. The SMILES string of the molecule is CCc1ccc(CCOc2ccc(C3OC3C)cc2)nc1. The largest absolute Gasteiger partial charge is 0.493 e. The fourth-order valence-corrected chi connectivity index (χ4v) is 2.37. The molecule has 0 amide bonds. The molecule has 0 saturated carbocycles. The Kier molecular flexibility index (Phi) is 4.20. The van der Waals surface area contributed by atoms with Gasteiger partial charge in [0, 0.05) is 18.3 Å². The number of hydrogen-bond donors (Lipinski definition) is 0. The van der Waals surface area contributed by atoms with Crippen LogP contribution in [0.1, 0.15) is 36.8 Å². The molecule has 110 valence electrons. The van der Waals surface area contributed by atoms with Gasteiger partial charge in [-0.3, -0.25) is 4.98 Å². The molecule has 1 saturated heterocycles. The van der Waals surface area contributed by atoms with Gasteiger partial charge in [-0.1, -0.05) is 25.1 Å². The van der Waals surface area contributed by atoms with Crippen LogP contribution in [-0.2, 0) is 17.6 Å². The highest BCUT2D eigenvalue weighted by Gasteiger charge is 2.35. The summed E-state index contributed by atoms with van der Waals surface area (Å²) in [5.74, 6) is 0.900. The van der Waals surface area contributed by atoms with E-state index in [0.717, 1.165) is 24.3 Å². The van der Waals surface area contributed by atoms with Gasteiger partial charge in [0.05, 0.1) is 12.7 Å². The number of benzene rings is 1. The smallest absolute Gasteiger partial charge is 0.119 e. The zero-order chi connectivity index (χ0) is 14.7. The minimum atomic E-state index is 0.278. The first-order valence-electron chi connectivity index (χ1n) is 7.58. The zero-order valence-electron chi connectivity index (χ0n) is 12.6. The number of aromatic nitrogens is 1. The fraction of sp³-hybridized carbons (Fsp3) is 0.389. The highest BCUT2D eigenvalue weighted by molar-refractivity contribution is 5.30. The summed E-state index contributed by atoms with van der Waals surface area (Å²) < 4.78 is 11.2. The number of pyridine rings is 1. The molecule has 1 aromatic heterocycles. The highest BCUT2D eigenvalue weighted by atomic mass is 16.6. The molecule has 2 heterocycles. The van der Waals surface area contributed by atoms with E-state index >= 15 is 0 Å². The first-order chi connectivity index (χ1) is 10.3. The number of ether oxygens (including phenoxy) is 2. The summed E-state index contributed by atoms with van der Waals surface area (Å²) in [6, 6.07) is 12.4. The number of nitrogens with zero attached hydrogens (tertiary/aromatic N) is 1. The molecule has 2 aromatic rings. The maximum Gasteiger partial charge on any atom is 0.119 e. The normalized spacial score (nSPS) is 20.3. The van der Waals surface area contributed by atoms with Gasteiger partial charge in [-0.05, 0) is 42.7 Å². The second-order valence-corrected chi connectivity index (χ2v) is 5.44. The Morgan fingerprint density at radius 1 is 1.14 bits per heavy atom. The van der Waals surface area contributed by atoms with E-state index in [1.807, 2.05) is 18.3 Å². The minimum Gasteiger partial charge on any atom is -0.493 e. The number of rotatable bonds is 6. The molecule has 0 radical (unpaired) electrons. The number of aryl methyl sites for hydroxylation is 1. The first-order valence-corrected chi connectivity index (χ1v) is 7.58. The van der Waals surface area contributed by atoms with E-state index in [9.17, 15) is 0 Å². The van der Waals surface area contributed by atoms with E-state index in [0.29, 0.717) is 12.7 Å². The Bertz CT molecular complexity index is 577. The van der Waals surface area contributed by atoms with Crippen LogP contribution in [0.3, 0.4) is 0 Å². The van der Waals surface area contributed by atoms with E-state index in [4.69, 9.17) is 9.47 Å². The van der Waals surface area contributed by atoms with Crippen LogP contribution in [0, 0.1) is 0 Å². The molecule has 3 nitrogen and oxygen atoms in total. The summed E-state index contributed by atoms with van der Waals surface area (Å²) in [5, 5.41) is 0. The van der Waals surface area contributed by atoms with Gasteiger partial charge in [0.2, 0.25) is 0 Å². The predicted octanol–water partition coefficient (Wildman–Crippen LogP) is 3.73. The summed E-state index contributed by atoms with van der Waals surface area (Å²) in [6.07, 6.45) is 4.43. The quantitative estimate of drug-likeness (QED) is 0.758. The number of epoxide rings is 1. The van der Waals surface area contributed by atoms with Crippen LogP contribution < -0.4 is 4.74 Å². The van der Waals surface area contributed by atoms with E-state index in [1.165, 1.54) is 11.1 Å². The van der Waals surface area contributed by atoms with Crippen LogP contribution in [0.5, 0.6) is 5.75 Å². The molecule has 1 fully saturated rings. The lowest BCUT2D eigenvalue weighted by Crippen LogP contribution is -2.03. The van der Waals surface area contributed by atoms with Crippen molar-refractivity contribution in [2.45, 2.75) is 38.9 Å². The molecule has 0 bridgehead atoms. The monoisotopic (exact) mass is 283 g/mol. The molecule has 1 aliphatic heterocycles. The highest BCUT2D eigenvalue weighted by Crippen LogP contribution is 2.38. The van der Waals surface area contributed by atoms with Crippen molar-refractivity contribution < 1.29 is 9.47 Å². The molecular weight excluding hydrogens is 262 g/mol. The van der Waals surface area contributed by atoms with Crippen LogP contribution >= 0.6 is 0 Å². The molecule has 21 heavy (non-hydrogen) atoms. The maximum atomic E-state index is 5.77. The zero-order valence-corrected chi connectivity index (χ0v) is 12.6. The van der Waals surface area contributed by atoms with Gasteiger partial charge in [0.25, 0.3) is 0 Å². The molecule has 0 spiro atoms. The molecule has 3 heteroatoms. The van der Waals surface area contributed by atoms with Crippen LogP contribution in [-0.4, -0.2) is 17.7 Å². The van der Waals surface area contributed by atoms with Crippen molar-refractivity contribution in [3.8, 4) is 5.75 Å². The average molecular weight is 283 g/mol. The van der Waals surface area contributed by atoms with Crippen molar-refractivity contribution in [1.82, 2.24) is 4.98 Å². The molecule has 1 aliphatic rings. The molecule has 2 unspecified atom stereocenters. The molecule has 2 atom stereocenters. The first kappa shape index (κ1) is 14.1. The van der Waals surface area contributed by atoms with E-state index in [2.05, 4.69) is 43.1 Å². The van der Waals surface area contributed by atoms with Crippen LogP contribution in [0.25, 0.3) is 0 Å². The molecule has 0 aliphatic carbocycles. The Balaban J connectivity index is 1.48. The van der Waals surface area contributed by atoms with Gasteiger partial charge in [0.1, 0.15) is 11.9 Å². The van der Waals surface area contributed by atoms with Crippen LogP contribution in [0.4, 0.5) is 0 Å². The Morgan fingerprint density at radius 3 is 2.48 bits per heavy atom. The fourth-order valence-electron chi connectivity index (χ4n) is 2.37. The van der Waals surface area contributed by atoms with Crippen LogP contribution in [0.15, 0.2) is 42.6 Å².